The molecule has 0 aliphatic heterocycles. The molecule has 0 bridgehead atoms. The summed E-state index contributed by atoms with van der Waals surface area (Å²) in [5, 5.41) is 9.07. The maximum absolute atomic E-state index is 9.07. The molecule has 0 radical (unpaired) electrons. The van der Waals surface area contributed by atoms with Crippen molar-refractivity contribution in [1.82, 2.24) is 0 Å². The average Bonchev–Trinajstić information content (AvgIpc) is 2.56. The molecule has 0 saturated carbocycles. The van der Waals surface area contributed by atoms with Gasteiger partial charge in [0.25, 0.3) is 0 Å². The smallest absolute Gasteiger partial charge is 0.0436 e. The highest BCUT2D eigenvalue weighted by Gasteiger charge is 2.27. The van der Waals surface area contributed by atoms with Crippen LogP contribution in [0.15, 0.2) is 18.2 Å². The maximum Gasteiger partial charge on any atom is 0.0436 e. The Bertz CT molecular complexity index is 343. The summed E-state index contributed by atoms with van der Waals surface area (Å²) in [6.45, 7) is 4.80. The third kappa shape index (κ3) is 1.93. The van der Waals surface area contributed by atoms with Crippen LogP contribution in [-0.2, 0) is 6.42 Å². The highest BCUT2D eigenvalue weighted by molar-refractivity contribution is 5.41. The van der Waals surface area contributed by atoms with Gasteiger partial charge in [0.05, 0.1) is 0 Å². The lowest BCUT2D eigenvalue weighted by molar-refractivity contribution is 0.274. The molecule has 0 saturated heterocycles. The van der Waals surface area contributed by atoms with E-state index in [2.05, 4.69) is 32.0 Å². The second kappa shape index (κ2) is 4.36. The lowest BCUT2D eigenvalue weighted by Crippen LogP contribution is -1.97. The molecule has 1 heteroatoms. The van der Waals surface area contributed by atoms with Crippen molar-refractivity contribution in [2.75, 3.05) is 6.61 Å². The molecule has 0 heterocycles. The Labute approximate surface area is 92.1 Å². The van der Waals surface area contributed by atoms with E-state index in [0.29, 0.717) is 18.4 Å². The standard InChI is InChI=1S/C14H20O/c1-3-11-4-5-13-10(2)8-12(6-7-15)14(13)9-11/h4-5,9-10,12,15H,3,6-8H2,1-2H3. The molecule has 0 amide bonds. The summed E-state index contributed by atoms with van der Waals surface area (Å²) < 4.78 is 0. The molecule has 2 atom stereocenters. The molecule has 82 valence electrons. The summed E-state index contributed by atoms with van der Waals surface area (Å²) in [7, 11) is 0. The molecule has 1 nitrogen and oxygen atoms in total. The van der Waals surface area contributed by atoms with E-state index in [1.165, 1.54) is 23.1 Å². The molecule has 1 N–H and O–H groups in total. The van der Waals surface area contributed by atoms with Crippen molar-refractivity contribution >= 4 is 0 Å². The maximum atomic E-state index is 9.07. The van der Waals surface area contributed by atoms with E-state index in [1.54, 1.807) is 0 Å². The molecular formula is C14H20O. The number of aliphatic hydroxyl groups is 1. The average molecular weight is 204 g/mol. The van der Waals surface area contributed by atoms with Gasteiger partial charge in [-0.05, 0) is 47.8 Å². The van der Waals surface area contributed by atoms with E-state index in [1.807, 2.05) is 0 Å². The third-order valence-electron chi connectivity index (χ3n) is 3.65. The molecular weight excluding hydrogens is 184 g/mol. The fourth-order valence-corrected chi connectivity index (χ4v) is 2.76. The quantitative estimate of drug-likeness (QED) is 0.801. The first-order valence-electron chi connectivity index (χ1n) is 5.99. The molecule has 2 rings (SSSR count). The lowest BCUT2D eigenvalue weighted by Gasteiger charge is -2.10. The van der Waals surface area contributed by atoms with Crippen molar-refractivity contribution in [3.05, 3.63) is 34.9 Å². The molecule has 0 fully saturated rings. The first-order chi connectivity index (χ1) is 7.26. The Hall–Kier alpha value is -0.820. The number of benzene rings is 1. The van der Waals surface area contributed by atoms with Crippen molar-refractivity contribution in [2.24, 2.45) is 0 Å². The first-order valence-corrected chi connectivity index (χ1v) is 5.99. The van der Waals surface area contributed by atoms with Crippen LogP contribution in [0.2, 0.25) is 0 Å². The third-order valence-corrected chi connectivity index (χ3v) is 3.65. The monoisotopic (exact) mass is 204 g/mol. The van der Waals surface area contributed by atoms with Gasteiger partial charge in [0.2, 0.25) is 0 Å². The van der Waals surface area contributed by atoms with Crippen molar-refractivity contribution in [3.8, 4) is 0 Å². The molecule has 1 aliphatic carbocycles. The van der Waals surface area contributed by atoms with E-state index < -0.39 is 0 Å². The van der Waals surface area contributed by atoms with E-state index in [9.17, 15) is 0 Å². The van der Waals surface area contributed by atoms with Crippen molar-refractivity contribution in [3.63, 3.8) is 0 Å². The number of aryl methyl sites for hydroxylation is 1. The summed E-state index contributed by atoms with van der Waals surface area (Å²) in [5.74, 6) is 1.26. The van der Waals surface area contributed by atoms with Crippen LogP contribution in [0.5, 0.6) is 0 Å². The number of fused-ring (bicyclic) bond motifs is 1. The van der Waals surface area contributed by atoms with Crippen LogP contribution >= 0.6 is 0 Å². The van der Waals surface area contributed by atoms with Gasteiger partial charge in [-0.15, -0.1) is 0 Å². The van der Waals surface area contributed by atoms with Crippen LogP contribution < -0.4 is 0 Å². The van der Waals surface area contributed by atoms with Crippen molar-refractivity contribution in [2.45, 2.75) is 44.9 Å². The summed E-state index contributed by atoms with van der Waals surface area (Å²) in [6.07, 6.45) is 3.24. The fraction of sp³-hybridized carbons (Fsp3) is 0.571. The van der Waals surface area contributed by atoms with Crippen molar-refractivity contribution < 1.29 is 5.11 Å². The summed E-state index contributed by atoms with van der Waals surface area (Å²) in [4.78, 5) is 0. The highest BCUT2D eigenvalue weighted by Crippen LogP contribution is 2.43. The topological polar surface area (TPSA) is 20.2 Å². The number of aliphatic hydroxyl groups excluding tert-OH is 1. The Kier molecular flexibility index (Phi) is 3.11. The number of hydrogen-bond donors (Lipinski definition) is 1. The minimum Gasteiger partial charge on any atom is -0.396 e. The van der Waals surface area contributed by atoms with Gasteiger partial charge in [-0.2, -0.15) is 0 Å². The number of rotatable bonds is 3. The van der Waals surface area contributed by atoms with Crippen LogP contribution in [0.25, 0.3) is 0 Å². The zero-order chi connectivity index (χ0) is 10.8. The van der Waals surface area contributed by atoms with E-state index in [0.717, 1.165) is 12.8 Å². The summed E-state index contributed by atoms with van der Waals surface area (Å²) in [6, 6.07) is 6.88. The largest absolute Gasteiger partial charge is 0.396 e. The van der Waals surface area contributed by atoms with Gasteiger partial charge in [0, 0.05) is 6.61 Å². The highest BCUT2D eigenvalue weighted by atomic mass is 16.3. The molecule has 1 aromatic rings. The van der Waals surface area contributed by atoms with E-state index >= 15 is 0 Å². The normalized spacial score (nSPS) is 24.2. The van der Waals surface area contributed by atoms with Gasteiger partial charge < -0.3 is 5.11 Å². The zero-order valence-electron chi connectivity index (χ0n) is 9.66. The van der Waals surface area contributed by atoms with Gasteiger partial charge in [-0.1, -0.05) is 32.0 Å². The SMILES string of the molecule is CCc1ccc2c(c1)C(CCO)CC2C. The van der Waals surface area contributed by atoms with Gasteiger partial charge in [-0.25, -0.2) is 0 Å². The molecule has 0 aromatic heterocycles. The molecule has 15 heavy (non-hydrogen) atoms. The number of hydrogen-bond acceptors (Lipinski definition) is 1. The van der Waals surface area contributed by atoms with E-state index in [4.69, 9.17) is 5.11 Å². The summed E-state index contributed by atoms with van der Waals surface area (Å²) >= 11 is 0. The second-order valence-corrected chi connectivity index (χ2v) is 4.66. The predicted octanol–water partition coefficient (Wildman–Crippen LogP) is 3.22. The van der Waals surface area contributed by atoms with Gasteiger partial charge in [-0.3, -0.25) is 0 Å². The lowest BCUT2D eigenvalue weighted by atomic mass is 9.96. The second-order valence-electron chi connectivity index (χ2n) is 4.66. The fourth-order valence-electron chi connectivity index (χ4n) is 2.76. The van der Waals surface area contributed by atoms with Crippen molar-refractivity contribution in [1.29, 1.82) is 0 Å². The molecule has 0 spiro atoms. The Morgan fingerprint density at radius 1 is 1.33 bits per heavy atom. The molecule has 1 aliphatic rings. The Morgan fingerprint density at radius 3 is 2.80 bits per heavy atom. The minimum atomic E-state index is 0.313. The van der Waals surface area contributed by atoms with Gasteiger partial charge in [0.15, 0.2) is 0 Å². The molecule has 2 unspecified atom stereocenters. The predicted molar refractivity (Wildman–Crippen MR) is 63.3 cm³/mol. The van der Waals surface area contributed by atoms with Crippen LogP contribution in [0.4, 0.5) is 0 Å². The van der Waals surface area contributed by atoms with E-state index in [-0.39, 0.29) is 0 Å². The van der Waals surface area contributed by atoms with Crippen LogP contribution in [0, 0.1) is 0 Å². The van der Waals surface area contributed by atoms with Crippen LogP contribution in [0.1, 0.15) is 55.2 Å². The van der Waals surface area contributed by atoms with Crippen LogP contribution in [-0.4, -0.2) is 11.7 Å². The first kappa shape index (κ1) is 10.7. The summed E-state index contributed by atoms with van der Waals surface area (Å²) in [5.41, 5.74) is 4.42. The molecule has 1 aromatic carbocycles. The minimum absolute atomic E-state index is 0.313. The Balaban J connectivity index is 2.34. The zero-order valence-corrected chi connectivity index (χ0v) is 9.66. The van der Waals surface area contributed by atoms with Gasteiger partial charge >= 0.3 is 0 Å². The van der Waals surface area contributed by atoms with Gasteiger partial charge in [0.1, 0.15) is 0 Å². The Morgan fingerprint density at radius 2 is 2.13 bits per heavy atom. The van der Waals surface area contributed by atoms with Crippen LogP contribution in [0.3, 0.4) is 0 Å².